The van der Waals surface area contributed by atoms with E-state index >= 15 is 0 Å². The zero-order chi connectivity index (χ0) is 13.1. The molecular formula is C13H20ClNO2. The summed E-state index contributed by atoms with van der Waals surface area (Å²) in [5, 5.41) is 0.577. The van der Waals surface area contributed by atoms with Crippen LogP contribution < -0.4 is 10.5 Å². The Bertz CT molecular complexity index is 376. The van der Waals surface area contributed by atoms with Gasteiger partial charge in [0.05, 0.1) is 11.1 Å². The van der Waals surface area contributed by atoms with Crippen molar-refractivity contribution in [2.24, 2.45) is 5.73 Å². The van der Waals surface area contributed by atoms with Crippen LogP contribution in [0.4, 0.5) is 0 Å². The van der Waals surface area contributed by atoms with Crippen LogP contribution >= 0.6 is 11.6 Å². The minimum atomic E-state index is -0.514. The fraction of sp³-hybridized carbons (Fsp3) is 0.538. The third kappa shape index (κ3) is 3.35. The Kier molecular flexibility index (Phi) is 4.80. The van der Waals surface area contributed by atoms with Gasteiger partial charge >= 0.3 is 0 Å². The molecule has 0 amide bonds. The van der Waals surface area contributed by atoms with E-state index in [2.05, 4.69) is 0 Å². The maximum atomic E-state index is 6.17. The van der Waals surface area contributed by atoms with Gasteiger partial charge in [0, 0.05) is 13.7 Å². The van der Waals surface area contributed by atoms with Crippen molar-refractivity contribution in [3.63, 3.8) is 0 Å². The largest absolute Gasteiger partial charge is 0.489 e. The van der Waals surface area contributed by atoms with Crippen LogP contribution in [0.5, 0.6) is 5.75 Å². The molecule has 0 saturated heterocycles. The van der Waals surface area contributed by atoms with Gasteiger partial charge in [-0.15, -0.1) is 0 Å². The normalized spacial score (nSPS) is 14.8. The molecule has 0 saturated carbocycles. The molecule has 17 heavy (non-hydrogen) atoms. The highest BCUT2D eigenvalue weighted by molar-refractivity contribution is 6.32. The molecule has 96 valence electrons. The second kappa shape index (κ2) is 5.71. The van der Waals surface area contributed by atoms with E-state index in [9.17, 15) is 0 Å². The van der Waals surface area contributed by atoms with Gasteiger partial charge in [-0.3, -0.25) is 0 Å². The average Bonchev–Trinajstić information content (AvgIpc) is 2.30. The number of methoxy groups -OCH3 is 1. The van der Waals surface area contributed by atoms with Gasteiger partial charge in [0.15, 0.2) is 0 Å². The molecule has 0 spiro atoms. The van der Waals surface area contributed by atoms with Gasteiger partial charge in [-0.2, -0.15) is 0 Å². The first kappa shape index (κ1) is 14.3. The summed E-state index contributed by atoms with van der Waals surface area (Å²) in [5.41, 5.74) is 6.15. The molecule has 0 aromatic heterocycles. The molecule has 1 aromatic carbocycles. The summed E-state index contributed by atoms with van der Waals surface area (Å²) >= 11 is 6.17. The minimum absolute atomic E-state index is 0.0988. The van der Waals surface area contributed by atoms with Gasteiger partial charge in [-0.1, -0.05) is 17.7 Å². The maximum absolute atomic E-state index is 6.17. The van der Waals surface area contributed by atoms with E-state index in [0.717, 1.165) is 5.56 Å². The summed E-state index contributed by atoms with van der Waals surface area (Å²) < 4.78 is 11.0. The van der Waals surface area contributed by atoms with Crippen LogP contribution in [0, 0.1) is 0 Å². The summed E-state index contributed by atoms with van der Waals surface area (Å²) in [5.74, 6) is 0.681. The van der Waals surface area contributed by atoms with Crippen molar-refractivity contribution in [3.05, 3.63) is 28.8 Å². The first-order chi connectivity index (χ1) is 7.92. The van der Waals surface area contributed by atoms with E-state index in [0.29, 0.717) is 17.3 Å². The molecule has 3 nitrogen and oxygen atoms in total. The third-order valence-corrected chi connectivity index (χ3v) is 3.04. The van der Waals surface area contributed by atoms with Gasteiger partial charge in [0.1, 0.15) is 11.4 Å². The zero-order valence-corrected chi connectivity index (χ0v) is 11.5. The van der Waals surface area contributed by atoms with Crippen molar-refractivity contribution in [3.8, 4) is 5.75 Å². The minimum Gasteiger partial charge on any atom is -0.489 e. The van der Waals surface area contributed by atoms with Crippen LogP contribution in [-0.4, -0.2) is 19.8 Å². The van der Waals surface area contributed by atoms with Gasteiger partial charge in [0.2, 0.25) is 0 Å². The monoisotopic (exact) mass is 257 g/mol. The van der Waals surface area contributed by atoms with E-state index in [1.165, 1.54) is 0 Å². The highest BCUT2D eigenvalue weighted by Crippen LogP contribution is 2.32. The molecule has 1 aromatic rings. The predicted octanol–water partition coefficient (Wildman–Crippen LogP) is 2.95. The van der Waals surface area contributed by atoms with Crippen LogP contribution in [0.2, 0.25) is 5.02 Å². The molecule has 4 heteroatoms. The molecule has 2 N–H and O–H groups in total. The van der Waals surface area contributed by atoms with E-state index < -0.39 is 5.60 Å². The van der Waals surface area contributed by atoms with Crippen LogP contribution in [0.1, 0.15) is 26.3 Å². The molecule has 0 bridgehead atoms. The Morgan fingerprint density at radius 1 is 1.41 bits per heavy atom. The first-order valence-electron chi connectivity index (χ1n) is 5.65. The smallest absolute Gasteiger partial charge is 0.138 e. The van der Waals surface area contributed by atoms with Crippen molar-refractivity contribution < 1.29 is 9.47 Å². The number of halogens is 1. The topological polar surface area (TPSA) is 44.5 Å². The lowest BCUT2D eigenvalue weighted by molar-refractivity contribution is 0.0100. The van der Waals surface area contributed by atoms with Crippen LogP contribution in [0.25, 0.3) is 0 Å². The van der Waals surface area contributed by atoms with Gasteiger partial charge in [-0.25, -0.2) is 0 Å². The number of hydrogen-bond acceptors (Lipinski definition) is 3. The van der Waals surface area contributed by atoms with Crippen molar-refractivity contribution in [2.75, 3.05) is 13.7 Å². The first-order valence-corrected chi connectivity index (χ1v) is 6.02. The van der Waals surface area contributed by atoms with Crippen LogP contribution in [0.3, 0.4) is 0 Å². The van der Waals surface area contributed by atoms with Crippen molar-refractivity contribution in [2.45, 2.75) is 32.5 Å². The van der Waals surface area contributed by atoms with E-state index in [1.54, 1.807) is 7.11 Å². The molecule has 0 heterocycles. The Balaban J connectivity index is 3.03. The van der Waals surface area contributed by atoms with Crippen LogP contribution in [-0.2, 0) is 10.3 Å². The van der Waals surface area contributed by atoms with E-state index in [4.69, 9.17) is 26.8 Å². The summed E-state index contributed by atoms with van der Waals surface area (Å²) in [6.07, 6.45) is 0.0988. The van der Waals surface area contributed by atoms with Gasteiger partial charge < -0.3 is 15.2 Å². The third-order valence-electron chi connectivity index (χ3n) is 2.75. The fourth-order valence-electron chi connectivity index (χ4n) is 1.50. The molecular weight excluding hydrogens is 238 g/mol. The Hall–Kier alpha value is -0.770. The number of nitrogens with two attached hydrogens (primary N) is 1. The van der Waals surface area contributed by atoms with Crippen molar-refractivity contribution >= 4 is 11.6 Å². The lowest BCUT2D eigenvalue weighted by atomic mass is 9.96. The fourth-order valence-corrected chi connectivity index (χ4v) is 1.72. The highest BCUT2D eigenvalue weighted by Gasteiger charge is 2.25. The van der Waals surface area contributed by atoms with Gasteiger partial charge in [-0.05, 0) is 38.5 Å². The summed E-state index contributed by atoms with van der Waals surface area (Å²) in [6.45, 7) is 6.25. The quantitative estimate of drug-likeness (QED) is 0.882. The molecule has 1 unspecified atom stereocenters. The Labute approximate surface area is 108 Å². The van der Waals surface area contributed by atoms with Crippen molar-refractivity contribution in [1.82, 2.24) is 0 Å². The molecule has 1 rings (SSSR count). The molecule has 0 radical (unpaired) electrons. The average molecular weight is 258 g/mol. The lowest BCUT2D eigenvalue weighted by Gasteiger charge is -2.27. The van der Waals surface area contributed by atoms with E-state index in [1.807, 2.05) is 39.0 Å². The standard InChI is InChI=1S/C13H20ClNO2/c1-9(2)17-12-6-5-10(7-11(12)14)13(3,8-15)16-4/h5-7,9H,8,15H2,1-4H3. The second-order valence-corrected chi connectivity index (χ2v) is 4.86. The molecule has 0 aliphatic rings. The molecule has 1 atom stereocenters. The highest BCUT2D eigenvalue weighted by atomic mass is 35.5. The Morgan fingerprint density at radius 2 is 2.06 bits per heavy atom. The van der Waals surface area contributed by atoms with E-state index in [-0.39, 0.29) is 6.10 Å². The maximum Gasteiger partial charge on any atom is 0.138 e. The Morgan fingerprint density at radius 3 is 2.47 bits per heavy atom. The summed E-state index contributed by atoms with van der Waals surface area (Å²) in [7, 11) is 1.64. The number of benzene rings is 1. The van der Waals surface area contributed by atoms with Crippen molar-refractivity contribution in [1.29, 1.82) is 0 Å². The lowest BCUT2D eigenvalue weighted by Crippen LogP contribution is -2.33. The SMILES string of the molecule is COC(C)(CN)c1ccc(OC(C)C)c(Cl)c1. The second-order valence-electron chi connectivity index (χ2n) is 4.45. The van der Waals surface area contributed by atoms with Gasteiger partial charge in [0.25, 0.3) is 0 Å². The summed E-state index contributed by atoms with van der Waals surface area (Å²) in [4.78, 5) is 0. The number of ether oxygens (including phenoxy) is 2. The molecule has 0 fully saturated rings. The molecule has 0 aliphatic carbocycles. The molecule has 0 aliphatic heterocycles. The number of hydrogen-bond donors (Lipinski definition) is 1. The van der Waals surface area contributed by atoms with Crippen LogP contribution in [0.15, 0.2) is 18.2 Å². The summed E-state index contributed by atoms with van der Waals surface area (Å²) in [6, 6.07) is 5.63. The number of rotatable bonds is 5. The predicted molar refractivity (Wildman–Crippen MR) is 70.6 cm³/mol. The zero-order valence-electron chi connectivity index (χ0n) is 10.8.